The SMILES string of the molecule is c1cc(C2NCCN3CC(COc4ccc(CN5CCCC5)cn4)CCC23)no1. The minimum atomic E-state index is 0.272. The van der Waals surface area contributed by atoms with Crippen LogP contribution in [0.15, 0.2) is 35.2 Å². The summed E-state index contributed by atoms with van der Waals surface area (Å²) in [6.07, 6.45) is 8.61. The summed E-state index contributed by atoms with van der Waals surface area (Å²) in [7, 11) is 0. The standard InChI is InChI=1S/C22H31N5O2/c1-2-10-26(9-1)14-17-4-6-21(24-13-17)28-16-18-3-5-20-22(19-7-12-29-25-19)23-8-11-27(20)15-18/h4,6-7,12-13,18,20,22-23H,1-3,5,8-11,14-16H2. The number of hydrogen-bond donors (Lipinski definition) is 1. The first kappa shape index (κ1) is 19.0. The summed E-state index contributed by atoms with van der Waals surface area (Å²) >= 11 is 0. The molecule has 156 valence electrons. The monoisotopic (exact) mass is 397 g/mol. The molecule has 0 aromatic carbocycles. The first-order chi connectivity index (χ1) is 14.3. The Morgan fingerprint density at radius 2 is 2.07 bits per heavy atom. The number of rotatable bonds is 6. The Kier molecular flexibility index (Phi) is 5.78. The van der Waals surface area contributed by atoms with Gasteiger partial charge in [-0.05, 0) is 44.3 Å². The lowest BCUT2D eigenvalue weighted by atomic mass is 9.87. The van der Waals surface area contributed by atoms with Gasteiger partial charge >= 0.3 is 0 Å². The third kappa shape index (κ3) is 4.47. The molecule has 2 aromatic heterocycles. The van der Waals surface area contributed by atoms with Crippen LogP contribution in [0.1, 0.15) is 43.0 Å². The summed E-state index contributed by atoms with van der Waals surface area (Å²) in [5, 5.41) is 7.78. The third-order valence-corrected chi connectivity index (χ3v) is 6.63. The first-order valence-corrected chi connectivity index (χ1v) is 11.0. The number of hydrogen-bond acceptors (Lipinski definition) is 7. The lowest BCUT2D eigenvalue weighted by molar-refractivity contribution is 0.0368. The fourth-order valence-electron chi connectivity index (χ4n) is 5.09. The van der Waals surface area contributed by atoms with E-state index in [0.717, 1.165) is 50.8 Å². The molecule has 0 amide bonds. The number of piperidine rings is 1. The van der Waals surface area contributed by atoms with Gasteiger partial charge < -0.3 is 14.6 Å². The van der Waals surface area contributed by atoms with Crippen LogP contribution in [-0.2, 0) is 6.54 Å². The predicted molar refractivity (Wildman–Crippen MR) is 110 cm³/mol. The van der Waals surface area contributed by atoms with Crippen LogP contribution in [0.25, 0.3) is 0 Å². The first-order valence-electron chi connectivity index (χ1n) is 11.0. The maximum Gasteiger partial charge on any atom is 0.213 e. The number of pyridine rings is 1. The van der Waals surface area contributed by atoms with Crippen LogP contribution >= 0.6 is 0 Å². The number of fused-ring (bicyclic) bond motifs is 1. The van der Waals surface area contributed by atoms with Crippen LogP contribution < -0.4 is 10.1 Å². The molecule has 0 radical (unpaired) electrons. The number of nitrogens with one attached hydrogen (secondary N) is 1. The van der Waals surface area contributed by atoms with E-state index in [1.165, 1.54) is 37.9 Å². The molecule has 5 rings (SSSR count). The molecule has 0 bridgehead atoms. The van der Waals surface area contributed by atoms with Gasteiger partial charge in [-0.15, -0.1) is 0 Å². The topological polar surface area (TPSA) is 66.7 Å². The average Bonchev–Trinajstić information content (AvgIpc) is 3.47. The fourth-order valence-corrected chi connectivity index (χ4v) is 5.09. The highest BCUT2D eigenvalue weighted by molar-refractivity contribution is 5.18. The molecule has 3 aliphatic rings. The van der Waals surface area contributed by atoms with Crippen molar-refractivity contribution in [3.05, 3.63) is 41.9 Å². The maximum absolute atomic E-state index is 6.05. The second-order valence-corrected chi connectivity index (χ2v) is 8.66. The Balaban J connectivity index is 1.12. The summed E-state index contributed by atoms with van der Waals surface area (Å²) in [5.74, 6) is 1.30. The van der Waals surface area contributed by atoms with Gasteiger partial charge in [0.05, 0.1) is 12.6 Å². The highest BCUT2D eigenvalue weighted by atomic mass is 16.5. The molecular weight excluding hydrogens is 366 g/mol. The second kappa shape index (κ2) is 8.81. The fraction of sp³-hybridized carbons (Fsp3) is 0.636. The molecule has 5 heterocycles. The molecule has 7 nitrogen and oxygen atoms in total. The summed E-state index contributed by atoms with van der Waals surface area (Å²) in [6, 6.07) is 6.94. The Bertz CT molecular complexity index is 760. The number of nitrogens with zero attached hydrogens (tertiary/aromatic N) is 4. The van der Waals surface area contributed by atoms with E-state index in [-0.39, 0.29) is 6.04 Å². The van der Waals surface area contributed by atoms with Crippen LogP contribution in [0.5, 0.6) is 5.88 Å². The van der Waals surface area contributed by atoms with E-state index in [4.69, 9.17) is 9.26 Å². The number of likely N-dealkylation sites (tertiary alicyclic amines) is 1. The Morgan fingerprint density at radius 3 is 2.86 bits per heavy atom. The van der Waals surface area contributed by atoms with Crippen molar-refractivity contribution < 1.29 is 9.26 Å². The van der Waals surface area contributed by atoms with Crippen LogP contribution in [0.3, 0.4) is 0 Å². The zero-order valence-corrected chi connectivity index (χ0v) is 17.0. The highest BCUT2D eigenvalue weighted by Gasteiger charge is 2.38. The number of piperazine rings is 1. The van der Waals surface area contributed by atoms with E-state index >= 15 is 0 Å². The van der Waals surface area contributed by atoms with E-state index in [2.05, 4.69) is 31.3 Å². The largest absolute Gasteiger partial charge is 0.477 e. The van der Waals surface area contributed by atoms with Gasteiger partial charge in [-0.3, -0.25) is 9.80 Å². The molecule has 3 unspecified atom stereocenters. The van der Waals surface area contributed by atoms with Crippen LogP contribution in [0, 0.1) is 5.92 Å². The van der Waals surface area contributed by atoms with E-state index in [1.807, 2.05) is 18.3 Å². The molecule has 0 spiro atoms. The van der Waals surface area contributed by atoms with E-state index in [9.17, 15) is 0 Å². The van der Waals surface area contributed by atoms with Gasteiger partial charge in [0.2, 0.25) is 5.88 Å². The molecule has 2 aromatic rings. The molecule has 0 saturated carbocycles. The molecule has 3 saturated heterocycles. The summed E-state index contributed by atoms with van der Waals surface area (Å²) in [5.41, 5.74) is 2.30. The third-order valence-electron chi connectivity index (χ3n) is 6.63. The molecule has 7 heteroatoms. The zero-order valence-electron chi connectivity index (χ0n) is 17.0. The Morgan fingerprint density at radius 1 is 1.14 bits per heavy atom. The Labute approximate surface area is 172 Å². The van der Waals surface area contributed by atoms with Gasteiger partial charge in [-0.1, -0.05) is 11.2 Å². The summed E-state index contributed by atoms with van der Waals surface area (Å²) < 4.78 is 11.1. The molecule has 3 fully saturated rings. The normalized spacial score (nSPS) is 28.3. The van der Waals surface area contributed by atoms with Crippen molar-refractivity contribution >= 4 is 0 Å². The van der Waals surface area contributed by atoms with Crippen molar-refractivity contribution in [2.24, 2.45) is 5.92 Å². The minimum absolute atomic E-state index is 0.272. The molecule has 1 N–H and O–H groups in total. The maximum atomic E-state index is 6.05. The van der Waals surface area contributed by atoms with Crippen LogP contribution in [0.2, 0.25) is 0 Å². The van der Waals surface area contributed by atoms with Crippen molar-refractivity contribution in [3.8, 4) is 5.88 Å². The van der Waals surface area contributed by atoms with Gasteiger partial charge in [0.25, 0.3) is 0 Å². The van der Waals surface area contributed by atoms with E-state index in [0.29, 0.717) is 12.0 Å². The highest BCUT2D eigenvalue weighted by Crippen LogP contribution is 2.32. The molecule has 29 heavy (non-hydrogen) atoms. The Hall–Kier alpha value is -1.96. The van der Waals surface area contributed by atoms with E-state index in [1.54, 1.807) is 6.26 Å². The molecule has 0 aliphatic carbocycles. The van der Waals surface area contributed by atoms with Gasteiger partial charge in [0.15, 0.2) is 0 Å². The second-order valence-electron chi connectivity index (χ2n) is 8.66. The van der Waals surface area contributed by atoms with Crippen LogP contribution in [-0.4, -0.2) is 65.3 Å². The summed E-state index contributed by atoms with van der Waals surface area (Å²) in [4.78, 5) is 9.63. The van der Waals surface area contributed by atoms with Crippen molar-refractivity contribution in [3.63, 3.8) is 0 Å². The van der Waals surface area contributed by atoms with E-state index < -0.39 is 0 Å². The quantitative estimate of drug-likeness (QED) is 0.803. The van der Waals surface area contributed by atoms with Gasteiger partial charge in [-0.25, -0.2) is 4.98 Å². The van der Waals surface area contributed by atoms with Crippen molar-refractivity contribution in [1.29, 1.82) is 0 Å². The molecular formula is C22H31N5O2. The lowest BCUT2D eigenvalue weighted by Crippen LogP contribution is -2.57. The zero-order chi connectivity index (χ0) is 19.5. The number of ether oxygens (including phenoxy) is 1. The lowest BCUT2D eigenvalue weighted by Gasteiger charge is -2.46. The van der Waals surface area contributed by atoms with Crippen molar-refractivity contribution in [2.45, 2.75) is 44.3 Å². The average molecular weight is 398 g/mol. The minimum Gasteiger partial charge on any atom is -0.477 e. The van der Waals surface area contributed by atoms with Gasteiger partial charge in [-0.2, -0.15) is 0 Å². The van der Waals surface area contributed by atoms with Crippen molar-refractivity contribution in [1.82, 2.24) is 25.3 Å². The summed E-state index contributed by atoms with van der Waals surface area (Å²) in [6.45, 7) is 7.32. The molecule has 3 aliphatic heterocycles. The smallest absolute Gasteiger partial charge is 0.213 e. The van der Waals surface area contributed by atoms with Gasteiger partial charge in [0.1, 0.15) is 12.0 Å². The molecule has 3 atom stereocenters. The van der Waals surface area contributed by atoms with Crippen LogP contribution in [0.4, 0.5) is 0 Å². The predicted octanol–water partition coefficient (Wildman–Crippen LogP) is 2.47. The van der Waals surface area contributed by atoms with Gasteiger partial charge in [0, 0.05) is 56.5 Å². The number of aromatic nitrogens is 2. The van der Waals surface area contributed by atoms with Crippen molar-refractivity contribution in [2.75, 3.05) is 39.3 Å².